The Balaban J connectivity index is 2.54. The number of anilines is 1. The largest absolute Gasteiger partial charge is 0.481 e. The number of carbonyl (C=O) groups is 1. The van der Waals surface area contributed by atoms with Crippen molar-refractivity contribution < 1.29 is 9.90 Å². The van der Waals surface area contributed by atoms with Crippen LogP contribution in [0.2, 0.25) is 5.02 Å². The van der Waals surface area contributed by atoms with E-state index in [1.54, 1.807) is 12.1 Å². The summed E-state index contributed by atoms with van der Waals surface area (Å²) in [5, 5.41) is 12.0. The molecule has 3 nitrogen and oxygen atoms in total. The number of hydrogen-bond donors (Lipinski definition) is 2. The molecule has 0 aliphatic rings. The summed E-state index contributed by atoms with van der Waals surface area (Å²) in [6.45, 7) is 0.391. The lowest BCUT2D eigenvalue weighted by Gasteiger charge is -2.05. The second-order valence-corrected chi connectivity index (χ2v) is 4.08. The molecule has 0 aromatic heterocycles. The maximum absolute atomic E-state index is 10.2. The van der Waals surface area contributed by atoms with E-state index in [1.807, 2.05) is 6.07 Å². The van der Waals surface area contributed by atoms with E-state index < -0.39 is 5.97 Å². The molecule has 5 heteroatoms. The third-order valence-corrected chi connectivity index (χ3v) is 2.21. The lowest BCUT2D eigenvalue weighted by Crippen LogP contribution is -2.07. The van der Waals surface area contributed by atoms with E-state index in [4.69, 9.17) is 16.7 Å². The third kappa shape index (κ3) is 3.98. The van der Waals surface area contributed by atoms with Gasteiger partial charge >= 0.3 is 5.97 Å². The number of hydrogen-bond acceptors (Lipinski definition) is 2. The van der Waals surface area contributed by atoms with Gasteiger partial charge in [-0.2, -0.15) is 0 Å². The van der Waals surface area contributed by atoms with Crippen molar-refractivity contribution >= 4 is 39.2 Å². The van der Waals surface area contributed by atoms with E-state index in [0.717, 1.165) is 10.2 Å². The first-order chi connectivity index (χ1) is 6.58. The van der Waals surface area contributed by atoms with Crippen LogP contribution >= 0.6 is 27.5 Å². The molecule has 0 amide bonds. The van der Waals surface area contributed by atoms with Gasteiger partial charge in [0.2, 0.25) is 0 Å². The van der Waals surface area contributed by atoms with E-state index in [0.29, 0.717) is 11.6 Å². The van der Waals surface area contributed by atoms with Gasteiger partial charge in [0, 0.05) is 21.7 Å². The first kappa shape index (κ1) is 11.3. The van der Waals surface area contributed by atoms with Crippen LogP contribution in [0.25, 0.3) is 0 Å². The fourth-order valence-electron chi connectivity index (χ4n) is 0.970. The summed E-state index contributed by atoms with van der Waals surface area (Å²) in [4.78, 5) is 10.2. The number of benzene rings is 1. The number of rotatable bonds is 4. The first-order valence-corrected chi connectivity index (χ1v) is 5.17. The van der Waals surface area contributed by atoms with Gasteiger partial charge in [-0.15, -0.1) is 0 Å². The molecule has 0 aliphatic carbocycles. The van der Waals surface area contributed by atoms with E-state index in [1.165, 1.54) is 0 Å². The smallest absolute Gasteiger partial charge is 0.305 e. The van der Waals surface area contributed by atoms with E-state index in [9.17, 15) is 4.79 Å². The van der Waals surface area contributed by atoms with Crippen LogP contribution < -0.4 is 5.32 Å². The number of aliphatic carboxylic acids is 1. The molecule has 0 saturated heterocycles. The van der Waals surface area contributed by atoms with Crippen LogP contribution in [0.4, 0.5) is 5.69 Å². The van der Waals surface area contributed by atoms with Crippen molar-refractivity contribution in [1.82, 2.24) is 0 Å². The SMILES string of the molecule is O=C(O)CCNc1cc(Cl)cc(Br)c1. The highest BCUT2D eigenvalue weighted by atomic mass is 79.9. The van der Waals surface area contributed by atoms with Crippen LogP contribution in [0, 0.1) is 0 Å². The Morgan fingerprint density at radius 3 is 2.79 bits per heavy atom. The van der Waals surface area contributed by atoms with Gasteiger partial charge in [0.25, 0.3) is 0 Å². The van der Waals surface area contributed by atoms with Crippen LogP contribution in [0.5, 0.6) is 0 Å². The molecule has 0 heterocycles. The molecule has 0 atom stereocenters. The minimum Gasteiger partial charge on any atom is -0.481 e. The molecular weight excluding hydrogens is 269 g/mol. The number of carboxylic acid groups (broad SMARTS) is 1. The molecule has 1 rings (SSSR count). The topological polar surface area (TPSA) is 49.3 Å². The standard InChI is InChI=1S/C9H9BrClNO2/c10-6-3-7(11)5-8(4-6)12-2-1-9(13)14/h3-5,12H,1-2H2,(H,13,14). The summed E-state index contributed by atoms with van der Waals surface area (Å²) in [6, 6.07) is 5.35. The van der Waals surface area contributed by atoms with Crippen molar-refractivity contribution in [2.24, 2.45) is 0 Å². The lowest BCUT2D eigenvalue weighted by atomic mass is 10.3. The van der Waals surface area contributed by atoms with Crippen molar-refractivity contribution in [2.75, 3.05) is 11.9 Å². The highest BCUT2D eigenvalue weighted by Gasteiger charge is 1.99. The highest BCUT2D eigenvalue weighted by Crippen LogP contribution is 2.22. The van der Waals surface area contributed by atoms with Gasteiger partial charge in [-0.05, 0) is 18.2 Å². The average molecular weight is 279 g/mol. The summed E-state index contributed by atoms with van der Waals surface area (Å²) in [5.74, 6) is -0.821. The zero-order valence-electron chi connectivity index (χ0n) is 7.26. The molecule has 0 bridgehead atoms. The molecular formula is C9H9BrClNO2. The quantitative estimate of drug-likeness (QED) is 0.890. The fraction of sp³-hybridized carbons (Fsp3) is 0.222. The predicted octanol–water partition coefficient (Wildman–Crippen LogP) is 2.99. The lowest BCUT2D eigenvalue weighted by molar-refractivity contribution is -0.136. The number of halogens is 2. The number of carboxylic acids is 1. The van der Waals surface area contributed by atoms with Crippen molar-refractivity contribution in [1.29, 1.82) is 0 Å². The summed E-state index contributed by atoms with van der Waals surface area (Å²) in [6.07, 6.45) is 0.0874. The van der Waals surface area contributed by atoms with Crippen molar-refractivity contribution in [2.45, 2.75) is 6.42 Å². The van der Waals surface area contributed by atoms with Gasteiger partial charge in [-0.1, -0.05) is 27.5 Å². The second kappa shape index (κ2) is 5.22. The van der Waals surface area contributed by atoms with Gasteiger partial charge in [-0.25, -0.2) is 0 Å². The summed E-state index contributed by atoms with van der Waals surface area (Å²) in [7, 11) is 0. The highest BCUT2D eigenvalue weighted by molar-refractivity contribution is 9.10. The number of nitrogens with one attached hydrogen (secondary N) is 1. The Morgan fingerprint density at radius 1 is 1.50 bits per heavy atom. The van der Waals surface area contributed by atoms with Gasteiger partial charge in [0.15, 0.2) is 0 Å². The monoisotopic (exact) mass is 277 g/mol. The minimum atomic E-state index is -0.821. The van der Waals surface area contributed by atoms with Gasteiger partial charge in [-0.3, -0.25) is 4.79 Å². The van der Waals surface area contributed by atoms with Gasteiger partial charge in [0.1, 0.15) is 0 Å². The van der Waals surface area contributed by atoms with Crippen molar-refractivity contribution in [3.63, 3.8) is 0 Å². The molecule has 0 aliphatic heterocycles. The van der Waals surface area contributed by atoms with Crippen molar-refractivity contribution in [3.05, 3.63) is 27.7 Å². The molecule has 1 aromatic carbocycles. The summed E-state index contributed by atoms with van der Waals surface area (Å²) in [5.41, 5.74) is 0.811. The molecule has 0 fully saturated rings. The molecule has 0 saturated carbocycles. The van der Waals surface area contributed by atoms with Crippen LogP contribution in [-0.2, 0) is 4.79 Å². The Kier molecular flexibility index (Phi) is 4.22. The van der Waals surface area contributed by atoms with Crippen LogP contribution in [0.3, 0.4) is 0 Å². The van der Waals surface area contributed by atoms with Crippen LogP contribution in [-0.4, -0.2) is 17.6 Å². The van der Waals surface area contributed by atoms with Crippen LogP contribution in [0.15, 0.2) is 22.7 Å². The molecule has 1 aromatic rings. The molecule has 0 radical (unpaired) electrons. The first-order valence-electron chi connectivity index (χ1n) is 3.99. The van der Waals surface area contributed by atoms with Crippen LogP contribution in [0.1, 0.15) is 6.42 Å². The predicted molar refractivity (Wildman–Crippen MR) is 59.9 cm³/mol. The third-order valence-electron chi connectivity index (χ3n) is 1.53. The maximum Gasteiger partial charge on any atom is 0.305 e. The molecule has 76 valence electrons. The zero-order valence-corrected chi connectivity index (χ0v) is 9.60. The zero-order chi connectivity index (χ0) is 10.6. The van der Waals surface area contributed by atoms with Gasteiger partial charge < -0.3 is 10.4 Å². The van der Waals surface area contributed by atoms with Gasteiger partial charge in [0.05, 0.1) is 6.42 Å². The summed E-state index contributed by atoms with van der Waals surface area (Å²) >= 11 is 9.10. The molecule has 14 heavy (non-hydrogen) atoms. The normalized spacial score (nSPS) is 9.86. The maximum atomic E-state index is 10.2. The molecule has 0 spiro atoms. The molecule has 0 unspecified atom stereocenters. The fourth-order valence-corrected chi connectivity index (χ4v) is 1.83. The average Bonchev–Trinajstić information content (AvgIpc) is 2.01. The van der Waals surface area contributed by atoms with E-state index in [-0.39, 0.29) is 6.42 Å². The minimum absolute atomic E-state index is 0.0874. The Morgan fingerprint density at radius 2 is 2.21 bits per heavy atom. The van der Waals surface area contributed by atoms with E-state index >= 15 is 0 Å². The second-order valence-electron chi connectivity index (χ2n) is 2.73. The molecule has 2 N–H and O–H groups in total. The Bertz CT molecular complexity index is 323. The van der Waals surface area contributed by atoms with Crippen molar-refractivity contribution in [3.8, 4) is 0 Å². The Hall–Kier alpha value is -0.740. The summed E-state index contributed by atoms with van der Waals surface area (Å²) < 4.78 is 0.864. The van der Waals surface area contributed by atoms with E-state index in [2.05, 4.69) is 21.2 Å². The Labute approximate surface area is 95.2 Å².